The fourth-order valence-corrected chi connectivity index (χ4v) is 5.57. The number of amides is 1. The first-order chi connectivity index (χ1) is 13.7. The van der Waals surface area contributed by atoms with E-state index >= 15 is 0 Å². The van der Waals surface area contributed by atoms with Gasteiger partial charge in [-0.05, 0) is 42.7 Å². The average Bonchev–Trinajstić information content (AvgIpc) is 3.11. The Hall–Kier alpha value is -2.43. The van der Waals surface area contributed by atoms with Crippen molar-refractivity contribution in [1.82, 2.24) is 9.38 Å². The number of nitrogens with two attached hydrogens (primary N) is 1. The number of pyridine rings is 1. The Bertz CT molecular complexity index is 1140. The third-order valence-electron chi connectivity index (χ3n) is 5.98. The lowest BCUT2D eigenvalue weighted by Gasteiger charge is -2.35. The number of anilines is 1. The quantitative estimate of drug-likeness (QED) is 0.678. The van der Waals surface area contributed by atoms with Crippen molar-refractivity contribution >= 4 is 52.6 Å². The van der Waals surface area contributed by atoms with Crippen LogP contribution in [0.1, 0.15) is 29.5 Å². The number of aromatic nitrogens is 2. The first-order valence-electron chi connectivity index (χ1n) is 9.66. The number of piperidine rings is 1. The summed E-state index contributed by atoms with van der Waals surface area (Å²) in [7, 11) is 0. The molecule has 1 fully saturated rings. The number of fused-ring (bicyclic) bond motifs is 4. The van der Waals surface area contributed by atoms with Gasteiger partial charge in [0.05, 0.1) is 16.6 Å². The van der Waals surface area contributed by atoms with Crippen LogP contribution in [-0.4, -0.2) is 34.1 Å². The maximum Gasteiger partial charge on any atom is 0.220 e. The van der Waals surface area contributed by atoms with Crippen LogP contribution < -0.4 is 10.6 Å². The molecule has 2 aliphatic rings. The zero-order chi connectivity index (χ0) is 19.3. The van der Waals surface area contributed by atoms with Crippen molar-refractivity contribution in [1.29, 1.82) is 5.26 Å². The van der Waals surface area contributed by atoms with Gasteiger partial charge in [-0.2, -0.15) is 17.0 Å². The molecular formula is C21H22ClN5OS. The van der Waals surface area contributed by atoms with E-state index in [0.717, 1.165) is 71.9 Å². The second-order valence-corrected chi connectivity index (χ2v) is 8.60. The highest BCUT2D eigenvalue weighted by molar-refractivity contribution is 7.98. The molecule has 0 radical (unpaired) electrons. The van der Waals surface area contributed by atoms with Gasteiger partial charge in [-0.1, -0.05) is 12.1 Å². The molecule has 1 aromatic carbocycles. The van der Waals surface area contributed by atoms with Crippen molar-refractivity contribution in [3.05, 3.63) is 41.0 Å². The Morgan fingerprint density at radius 2 is 2.00 bits per heavy atom. The van der Waals surface area contributed by atoms with Crippen LogP contribution in [0.25, 0.3) is 16.7 Å². The Morgan fingerprint density at radius 3 is 2.72 bits per heavy atom. The molecule has 4 heterocycles. The van der Waals surface area contributed by atoms with Crippen LogP contribution in [0.4, 0.5) is 5.82 Å². The van der Waals surface area contributed by atoms with Gasteiger partial charge in [0.15, 0.2) is 5.65 Å². The zero-order valence-electron chi connectivity index (χ0n) is 15.9. The van der Waals surface area contributed by atoms with Crippen molar-refractivity contribution < 1.29 is 4.79 Å². The van der Waals surface area contributed by atoms with E-state index in [1.807, 2.05) is 30.0 Å². The van der Waals surface area contributed by atoms with E-state index in [2.05, 4.69) is 21.4 Å². The summed E-state index contributed by atoms with van der Waals surface area (Å²) >= 11 is 1.91. The highest BCUT2D eigenvalue weighted by Gasteiger charge is 2.30. The summed E-state index contributed by atoms with van der Waals surface area (Å²) < 4.78 is 2.17. The van der Waals surface area contributed by atoms with Gasteiger partial charge in [0.1, 0.15) is 11.9 Å². The van der Waals surface area contributed by atoms with E-state index in [1.165, 1.54) is 5.56 Å². The molecule has 0 aliphatic carbocycles. The predicted molar refractivity (Wildman–Crippen MR) is 119 cm³/mol. The summed E-state index contributed by atoms with van der Waals surface area (Å²) in [5.74, 6) is 2.83. The van der Waals surface area contributed by atoms with Crippen molar-refractivity contribution in [2.75, 3.05) is 23.7 Å². The van der Waals surface area contributed by atoms with Gasteiger partial charge in [-0.3, -0.25) is 9.20 Å². The number of imidazole rings is 1. The molecule has 0 bridgehead atoms. The molecular weight excluding hydrogens is 406 g/mol. The summed E-state index contributed by atoms with van der Waals surface area (Å²) in [6.07, 6.45) is 2.43. The molecule has 5 rings (SSSR count). The molecule has 2 aromatic heterocycles. The molecule has 0 unspecified atom stereocenters. The maximum absolute atomic E-state index is 11.6. The predicted octanol–water partition coefficient (Wildman–Crippen LogP) is 3.27. The van der Waals surface area contributed by atoms with E-state index in [0.29, 0.717) is 5.56 Å². The number of thioether (sulfide) groups is 1. The number of carbonyl (C=O) groups is 1. The molecule has 0 saturated carbocycles. The van der Waals surface area contributed by atoms with E-state index in [1.54, 1.807) is 0 Å². The van der Waals surface area contributed by atoms with Gasteiger partial charge in [0, 0.05) is 30.3 Å². The average molecular weight is 428 g/mol. The van der Waals surface area contributed by atoms with E-state index in [9.17, 15) is 10.1 Å². The Morgan fingerprint density at radius 1 is 1.24 bits per heavy atom. The first kappa shape index (κ1) is 19.9. The van der Waals surface area contributed by atoms with Gasteiger partial charge in [0.25, 0.3) is 0 Å². The SMILES string of the molecule is Cl.N#Cc1c2c(c(N3CCC(C(N)=O)CC3)n3c1nc1ccccc13)CSCC2. The highest BCUT2D eigenvalue weighted by Crippen LogP contribution is 2.39. The molecule has 0 atom stereocenters. The molecule has 150 valence electrons. The van der Waals surface area contributed by atoms with E-state index in [-0.39, 0.29) is 24.2 Å². The summed E-state index contributed by atoms with van der Waals surface area (Å²) in [6, 6.07) is 10.5. The second kappa shape index (κ2) is 7.77. The number of hydrogen-bond acceptors (Lipinski definition) is 5. The van der Waals surface area contributed by atoms with Crippen molar-refractivity contribution in [3.8, 4) is 6.07 Å². The molecule has 8 heteroatoms. The summed E-state index contributed by atoms with van der Waals surface area (Å²) in [4.78, 5) is 18.8. The molecule has 0 spiro atoms. The number of carbonyl (C=O) groups excluding carboxylic acids is 1. The van der Waals surface area contributed by atoms with Gasteiger partial charge in [-0.15, -0.1) is 12.4 Å². The molecule has 29 heavy (non-hydrogen) atoms. The van der Waals surface area contributed by atoms with Crippen LogP contribution in [0.5, 0.6) is 0 Å². The maximum atomic E-state index is 11.6. The number of hydrogen-bond donors (Lipinski definition) is 1. The highest BCUT2D eigenvalue weighted by atomic mass is 35.5. The number of rotatable bonds is 2. The Labute approximate surface area is 179 Å². The van der Waals surface area contributed by atoms with Crippen molar-refractivity contribution in [2.24, 2.45) is 11.7 Å². The van der Waals surface area contributed by atoms with Crippen LogP contribution in [0.3, 0.4) is 0 Å². The Balaban J connectivity index is 0.00000205. The van der Waals surface area contributed by atoms with Gasteiger partial charge in [-0.25, -0.2) is 4.98 Å². The summed E-state index contributed by atoms with van der Waals surface area (Å²) in [5, 5.41) is 9.94. The van der Waals surface area contributed by atoms with Crippen LogP contribution >= 0.6 is 24.2 Å². The van der Waals surface area contributed by atoms with Crippen molar-refractivity contribution in [3.63, 3.8) is 0 Å². The normalized spacial score (nSPS) is 17.0. The summed E-state index contributed by atoms with van der Waals surface area (Å²) in [6.45, 7) is 1.58. The van der Waals surface area contributed by atoms with Gasteiger partial charge < -0.3 is 10.6 Å². The third kappa shape index (κ3) is 3.11. The van der Waals surface area contributed by atoms with Gasteiger partial charge in [0.2, 0.25) is 5.91 Å². The molecule has 2 aliphatic heterocycles. The molecule has 6 nitrogen and oxygen atoms in total. The number of nitriles is 1. The van der Waals surface area contributed by atoms with Crippen LogP contribution in [0, 0.1) is 17.2 Å². The second-order valence-electron chi connectivity index (χ2n) is 7.49. The topological polar surface area (TPSA) is 87.4 Å². The Kier molecular flexibility index (Phi) is 5.32. The lowest BCUT2D eigenvalue weighted by Crippen LogP contribution is -2.40. The van der Waals surface area contributed by atoms with Crippen molar-refractivity contribution in [2.45, 2.75) is 25.0 Å². The lowest BCUT2D eigenvalue weighted by molar-refractivity contribution is -0.122. The smallest absolute Gasteiger partial charge is 0.220 e. The number of benzene rings is 1. The third-order valence-corrected chi connectivity index (χ3v) is 6.97. The van der Waals surface area contributed by atoms with E-state index in [4.69, 9.17) is 10.7 Å². The standard InChI is InChI=1S/C21H21N5OS.ClH/c22-11-15-14-7-10-28-12-16(14)21(25-8-5-13(6-9-25)19(23)27)26-18-4-2-1-3-17(18)24-20(15)26;/h1-4,13H,5-10,12H2,(H2,23,27);1H. The number of para-hydroxylation sites is 2. The minimum absolute atomic E-state index is 0. The van der Waals surface area contributed by atoms with Crippen LogP contribution in [0.2, 0.25) is 0 Å². The van der Waals surface area contributed by atoms with Gasteiger partial charge >= 0.3 is 0 Å². The fraction of sp³-hybridized carbons (Fsp3) is 0.381. The molecule has 3 aromatic rings. The molecule has 2 N–H and O–H groups in total. The minimum atomic E-state index is -0.199. The number of nitrogens with zero attached hydrogens (tertiary/aromatic N) is 4. The molecule has 1 saturated heterocycles. The fourth-order valence-electron chi connectivity index (χ4n) is 4.57. The van der Waals surface area contributed by atoms with Crippen LogP contribution in [-0.2, 0) is 17.0 Å². The number of primary amides is 1. The largest absolute Gasteiger partial charge is 0.369 e. The molecule has 1 amide bonds. The van der Waals surface area contributed by atoms with E-state index < -0.39 is 0 Å². The minimum Gasteiger partial charge on any atom is -0.369 e. The lowest BCUT2D eigenvalue weighted by atomic mass is 9.95. The van der Waals surface area contributed by atoms with Crippen LogP contribution in [0.15, 0.2) is 24.3 Å². The number of halogens is 1. The zero-order valence-corrected chi connectivity index (χ0v) is 17.6. The summed E-state index contributed by atoms with van der Waals surface area (Å²) in [5.41, 5.74) is 11.3. The first-order valence-corrected chi connectivity index (χ1v) is 10.8. The monoisotopic (exact) mass is 427 g/mol.